The maximum Gasteiger partial charge on any atom is 0.211 e. The Balaban J connectivity index is 1.30. The summed E-state index contributed by atoms with van der Waals surface area (Å²) >= 11 is 0. The minimum Gasteiger partial charge on any atom is -0.508 e. The van der Waals surface area contributed by atoms with Crippen LogP contribution in [0, 0.1) is 0 Å². The van der Waals surface area contributed by atoms with E-state index in [1.807, 2.05) is 0 Å². The molecule has 54 heavy (non-hydrogen) atoms. The molecule has 6 aromatic carbocycles. The van der Waals surface area contributed by atoms with E-state index >= 15 is 0 Å². The van der Waals surface area contributed by atoms with E-state index in [0.29, 0.717) is 6.07 Å². The number of ether oxygens (including phenoxy) is 4. The zero-order valence-electron chi connectivity index (χ0n) is 26.8. The van der Waals surface area contributed by atoms with Crippen molar-refractivity contribution in [1.82, 2.24) is 0 Å². The van der Waals surface area contributed by atoms with Crippen molar-refractivity contribution in [2.75, 3.05) is 0 Å². The number of aromatic hydroxyl groups is 14. The van der Waals surface area contributed by atoms with Gasteiger partial charge in [-0.25, -0.2) is 0 Å². The number of hydrogen-bond donors (Lipinski definition) is 14. The summed E-state index contributed by atoms with van der Waals surface area (Å²) < 4.78 is 22.0. The molecule has 0 spiro atoms. The highest BCUT2D eigenvalue weighted by atomic mass is 16.5. The Kier molecular flexibility index (Phi) is 8.85. The van der Waals surface area contributed by atoms with Gasteiger partial charge in [0.2, 0.25) is 23.0 Å². The number of phenolic OH excluding ortho intramolecular Hbond substituents is 14. The second kappa shape index (κ2) is 13.5. The fourth-order valence-corrected chi connectivity index (χ4v) is 5.14. The summed E-state index contributed by atoms with van der Waals surface area (Å²) in [6.07, 6.45) is 0. The molecule has 0 aliphatic rings. The van der Waals surface area contributed by atoms with E-state index in [4.69, 9.17) is 18.9 Å². The van der Waals surface area contributed by atoms with E-state index in [-0.39, 0.29) is 23.0 Å². The first-order chi connectivity index (χ1) is 25.5. The normalized spacial score (nSPS) is 10.9. The molecule has 278 valence electrons. The Morgan fingerprint density at radius 3 is 1.15 bits per heavy atom. The molecule has 0 amide bonds. The minimum absolute atomic E-state index is 0.161. The van der Waals surface area contributed by atoms with Gasteiger partial charge in [0.05, 0.1) is 11.1 Å². The van der Waals surface area contributed by atoms with Crippen LogP contribution in [0.2, 0.25) is 0 Å². The van der Waals surface area contributed by atoms with Crippen LogP contribution in [0.4, 0.5) is 0 Å². The fourth-order valence-electron chi connectivity index (χ4n) is 5.14. The van der Waals surface area contributed by atoms with Gasteiger partial charge in [-0.3, -0.25) is 0 Å². The van der Waals surface area contributed by atoms with Crippen LogP contribution in [0.1, 0.15) is 0 Å². The highest BCUT2D eigenvalue weighted by Crippen LogP contribution is 2.56. The van der Waals surface area contributed by atoms with Crippen LogP contribution in [0.3, 0.4) is 0 Å². The van der Waals surface area contributed by atoms with Gasteiger partial charge >= 0.3 is 0 Å². The Morgan fingerprint density at radius 1 is 0.259 bits per heavy atom. The molecule has 6 rings (SSSR count). The zero-order valence-corrected chi connectivity index (χ0v) is 26.8. The molecule has 6 aromatic rings. The quantitative estimate of drug-likeness (QED) is 0.0760. The summed E-state index contributed by atoms with van der Waals surface area (Å²) in [6, 6.07) is 10.7. The van der Waals surface area contributed by atoms with Crippen molar-refractivity contribution < 1.29 is 90.4 Å². The first-order valence-corrected chi connectivity index (χ1v) is 14.9. The lowest BCUT2D eigenvalue weighted by Gasteiger charge is -2.18. The van der Waals surface area contributed by atoms with Crippen LogP contribution in [0.25, 0.3) is 11.1 Å². The molecule has 0 saturated heterocycles. The summed E-state index contributed by atoms with van der Waals surface area (Å²) in [5.74, 6) is -14.3. The highest BCUT2D eigenvalue weighted by Gasteiger charge is 2.27. The van der Waals surface area contributed by atoms with E-state index in [0.717, 1.165) is 66.7 Å². The number of benzene rings is 6. The smallest absolute Gasteiger partial charge is 0.211 e. The van der Waals surface area contributed by atoms with Crippen molar-refractivity contribution in [2.45, 2.75) is 0 Å². The molecule has 14 N–H and O–H groups in total. The molecule has 0 aromatic heterocycles. The average molecular weight is 747 g/mol. The SMILES string of the molecule is Oc1cc(O)cc(Oc2c(O)cc(Oc3c(O)cc(O)cc3Oc3c(O)cc(Oc4c(O)cc(O)c(-c5c(O)cc(O)cc5O)c4O)cc3O)cc2O)c1. The molecule has 18 nitrogen and oxygen atoms in total. The van der Waals surface area contributed by atoms with E-state index in [9.17, 15) is 71.5 Å². The number of rotatable bonds is 9. The van der Waals surface area contributed by atoms with E-state index in [1.165, 1.54) is 0 Å². The summed E-state index contributed by atoms with van der Waals surface area (Å²) in [5, 5.41) is 145. The van der Waals surface area contributed by atoms with Crippen molar-refractivity contribution in [3.8, 4) is 138 Å². The van der Waals surface area contributed by atoms with Gasteiger partial charge in [-0.1, -0.05) is 0 Å². The molecule has 0 unspecified atom stereocenters. The van der Waals surface area contributed by atoms with Crippen molar-refractivity contribution in [3.05, 3.63) is 72.8 Å². The summed E-state index contributed by atoms with van der Waals surface area (Å²) in [5.41, 5.74) is -1.19. The molecule has 0 heterocycles. The zero-order chi connectivity index (χ0) is 39.2. The van der Waals surface area contributed by atoms with Crippen molar-refractivity contribution in [2.24, 2.45) is 0 Å². The third kappa shape index (κ3) is 6.88. The van der Waals surface area contributed by atoms with Crippen LogP contribution in [-0.2, 0) is 0 Å². The van der Waals surface area contributed by atoms with Crippen LogP contribution in [0.15, 0.2) is 72.8 Å². The van der Waals surface area contributed by atoms with Gasteiger partial charge in [-0.2, -0.15) is 0 Å². The summed E-state index contributed by atoms with van der Waals surface area (Å²) in [6.45, 7) is 0. The molecule has 0 bridgehead atoms. The molecule has 0 aliphatic heterocycles. The Labute approximate surface area is 300 Å². The van der Waals surface area contributed by atoms with Gasteiger partial charge in [-0.15, -0.1) is 0 Å². The lowest BCUT2D eigenvalue weighted by Crippen LogP contribution is -1.94. The lowest BCUT2D eigenvalue weighted by atomic mass is 10.00. The standard InChI is InChI=1S/C36H26O18/c37-13-1-14(38)3-17(2-13)51-33-24(45)8-18(9-25(33)46)52-35-23(44)6-16(40)7-29(35)54-34-26(47)10-19(11-27(34)48)53-36-28(49)12-22(43)31(32(36)50)30-20(41)4-15(39)5-21(30)42/h1-12,37-50H. The molecule has 0 aliphatic carbocycles. The summed E-state index contributed by atoms with van der Waals surface area (Å²) in [7, 11) is 0. The van der Waals surface area contributed by atoms with Crippen LogP contribution >= 0.6 is 0 Å². The second-order valence-corrected chi connectivity index (χ2v) is 11.3. The molecule has 18 heteroatoms. The van der Waals surface area contributed by atoms with Crippen LogP contribution in [0.5, 0.6) is 126 Å². The number of phenols is 14. The molecule has 0 saturated carbocycles. The van der Waals surface area contributed by atoms with Crippen LogP contribution < -0.4 is 18.9 Å². The van der Waals surface area contributed by atoms with Gasteiger partial charge in [0.15, 0.2) is 46.0 Å². The van der Waals surface area contributed by atoms with E-state index in [2.05, 4.69) is 0 Å². The maximum atomic E-state index is 10.9. The Bertz CT molecular complexity index is 2370. The average Bonchev–Trinajstić information content (AvgIpc) is 3.05. The minimum atomic E-state index is -1.03. The van der Waals surface area contributed by atoms with Crippen molar-refractivity contribution in [3.63, 3.8) is 0 Å². The Morgan fingerprint density at radius 2 is 0.611 bits per heavy atom. The molecular weight excluding hydrogens is 720 g/mol. The number of hydrogen-bond acceptors (Lipinski definition) is 18. The van der Waals surface area contributed by atoms with Gasteiger partial charge in [0.1, 0.15) is 57.5 Å². The van der Waals surface area contributed by atoms with Crippen LogP contribution in [-0.4, -0.2) is 71.5 Å². The molecule has 0 fully saturated rings. The Hall–Kier alpha value is -8.28. The highest BCUT2D eigenvalue weighted by molar-refractivity contribution is 5.88. The van der Waals surface area contributed by atoms with Crippen molar-refractivity contribution >= 4 is 0 Å². The maximum absolute atomic E-state index is 10.9. The van der Waals surface area contributed by atoms with Gasteiger partial charge in [0.25, 0.3) is 0 Å². The van der Waals surface area contributed by atoms with Gasteiger partial charge < -0.3 is 90.4 Å². The topological polar surface area (TPSA) is 320 Å². The molecule has 0 radical (unpaired) electrons. The molecular formula is C36H26O18. The first-order valence-electron chi connectivity index (χ1n) is 14.9. The van der Waals surface area contributed by atoms with Gasteiger partial charge in [-0.05, 0) is 0 Å². The van der Waals surface area contributed by atoms with Crippen molar-refractivity contribution in [1.29, 1.82) is 0 Å². The predicted octanol–water partition coefficient (Wildman–Crippen LogP) is 6.40. The predicted molar refractivity (Wildman–Crippen MR) is 181 cm³/mol. The first kappa shape index (κ1) is 35.5. The van der Waals surface area contributed by atoms with E-state index in [1.54, 1.807) is 0 Å². The van der Waals surface area contributed by atoms with Gasteiger partial charge in [0, 0.05) is 72.8 Å². The fraction of sp³-hybridized carbons (Fsp3) is 0. The summed E-state index contributed by atoms with van der Waals surface area (Å²) in [4.78, 5) is 0. The third-order valence-electron chi connectivity index (χ3n) is 7.36. The largest absolute Gasteiger partial charge is 0.508 e. The monoisotopic (exact) mass is 746 g/mol. The second-order valence-electron chi connectivity index (χ2n) is 11.3. The third-order valence-corrected chi connectivity index (χ3v) is 7.36. The molecule has 0 atom stereocenters. The van der Waals surface area contributed by atoms with E-state index < -0.39 is 115 Å². The lowest BCUT2D eigenvalue weighted by molar-refractivity contribution is 0.338.